The highest BCUT2D eigenvalue weighted by atomic mass is 32.2. The predicted molar refractivity (Wildman–Crippen MR) is 89.9 cm³/mol. The molecule has 24 heavy (non-hydrogen) atoms. The predicted octanol–water partition coefficient (Wildman–Crippen LogP) is 3.25. The van der Waals surface area contributed by atoms with Crippen molar-refractivity contribution in [3.63, 3.8) is 0 Å². The van der Waals surface area contributed by atoms with E-state index >= 15 is 0 Å². The lowest BCUT2D eigenvalue weighted by Gasteiger charge is -2.17. The van der Waals surface area contributed by atoms with E-state index in [1.165, 1.54) is 0 Å². The Labute approximate surface area is 142 Å². The van der Waals surface area contributed by atoms with Crippen molar-refractivity contribution in [3.05, 3.63) is 53.9 Å². The lowest BCUT2D eigenvalue weighted by atomic mass is 10.1. The Hall–Kier alpha value is -2.80. The summed E-state index contributed by atoms with van der Waals surface area (Å²) in [6.45, 7) is 0. The summed E-state index contributed by atoms with van der Waals surface area (Å²) >= 11 is 1.63. The minimum atomic E-state index is -1.02. The second-order valence-electron chi connectivity index (χ2n) is 5.24. The van der Waals surface area contributed by atoms with E-state index in [9.17, 15) is 9.90 Å². The molecule has 0 bridgehead atoms. The van der Waals surface area contributed by atoms with E-state index in [2.05, 4.69) is 10.1 Å². The molecule has 0 radical (unpaired) electrons. The van der Waals surface area contributed by atoms with E-state index in [0.29, 0.717) is 17.3 Å². The van der Waals surface area contributed by atoms with Gasteiger partial charge in [-0.1, -0.05) is 18.2 Å². The Bertz CT molecular complexity index is 935. The number of carboxylic acid groups (broad SMARTS) is 1. The van der Waals surface area contributed by atoms with Gasteiger partial charge >= 0.3 is 5.97 Å². The number of carboxylic acids is 1. The van der Waals surface area contributed by atoms with Gasteiger partial charge in [0.25, 0.3) is 0 Å². The smallest absolute Gasteiger partial charge is 0.356 e. The molecule has 4 rings (SSSR count). The molecule has 0 unspecified atom stereocenters. The van der Waals surface area contributed by atoms with Crippen molar-refractivity contribution < 1.29 is 14.6 Å². The third-order valence-corrected chi connectivity index (χ3v) is 4.97. The van der Waals surface area contributed by atoms with Crippen LogP contribution < -0.4 is 4.74 Å². The average Bonchev–Trinajstić information content (AvgIpc) is 3.02. The third-order valence-electron chi connectivity index (χ3n) is 3.87. The van der Waals surface area contributed by atoms with Gasteiger partial charge in [-0.05, 0) is 12.1 Å². The van der Waals surface area contributed by atoms with Gasteiger partial charge in [-0.15, -0.1) is 11.8 Å². The molecular weight excluding hydrogens is 326 g/mol. The van der Waals surface area contributed by atoms with E-state index in [1.54, 1.807) is 35.8 Å². The molecule has 6 nitrogen and oxygen atoms in total. The van der Waals surface area contributed by atoms with Crippen LogP contribution in [0.2, 0.25) is 0 Å². The zero-order chi connectivity index (χ0) is 16.7. The maximum absolute atomic E-state index is 11.6. The highest BCUT2D eigenvalue weighted by Crippen LogP contribution is 2.43. The molecule has 1 N–H and O–H groups in total. The van der Waals surface area contributed by atoms with Crippen molar-refractivity contribution in [3.8, 4) is 22.8 Å². The number of rotatable bonds is 3. The van der Waals surface area contributed by atoms with E-state index in [0.717, 1.165) is 21.7 Å². The molecule has 0 saturated carbocycles. The fourth-order valence-electron chi connectivity index (χ4n) is 2.78. The molecule has 120 valence electrons. The van der Waals surface area contributed by atoms with Crippen molar-refractivity contribution in [1.29, 1.82) is 0 Å². The maximum atomic E-state index is 11.6. The zero-order valence-electron chi connectivity index (χ0n) is 12.8. The summed E-state index contributed by atoms with van der Waals surface area (Å²) in [7, 11) is 1.55. The van der Waals surface area contributed by atoms with Crippen LogP contribution in [0.25, 0.3) is 16.9 Å². The molecule has 1 aromatic carbocycles. The first-order valence-corrected chi connectivity index (χ1v) is 8.25. The number of ether oxygens (including phenoxy) is 1. The second-order valence-corrected chi connectivity index (χ2v) is 6.25. The number of nitrogens with zero attached hydrogens (tertiary/aromatic N) is 3. The molecule has 0 atom stereocenters. The second kappa shape index (κ2) is 5.68. The number of aromatic carboxylic acids is 1. The lowest BCUT2D eigenvalue weighted by molar-refractivity contribution is 0.0689. The van der Waals surface area contributed by atoms with Crippen LogP contribution in [-0.2, 0) is 5.75 Å². The summed E-state index contributed by atoms with van der Waals surface area (Å²) in [5, 5.41) is 13.8. The summed E-state index contributed by atoms with van der Waals surface area (Å²) in [6.07, 6.45) is 1.63. The summed E-state index contributed by atoms with van der Waals surface area (Å²) in [5.41, 5.74) is 3.32. The number of pyridine rings is 1. The molecule has 0 fully saturated rings. The monoisotopic (exact) mass is 339 g/mol. The number of hydrogen-bond donors (Lipinski definition) is 1. The Morgan fingerprint density at radius 3 is 2.83 bits per heavy atom. The van der Waals surface area contributed by atoms with Crippen LogP contribution in [0.1, 0.15) is 16.1 Å². The van der Waals surface area contributed by atoms with Crippen molar-refractivity contribution in [2.75, 3.05) is 7.11 Å². The van der Waals surface area contributed by atoms with E-state index in [1.807, 2.05) is 30.3 Å². The van der Waals surface area contributed by atoms with Gasteiger partial charge in [0.2, 0.25) is 5.88 Å². The number of hydrogen-bond acceptors (Lipinski definition) is 5. The maximum Gasteiger partial charge on any atom is 0.356 e. The first kappa shape index (κ1) is 14.8. The summed E-state index contributed by atoms with van der Waals surface area (Å²) in [6, 6.07) is 11.5. The number of fused-ring (bicyclic) bond motifs is 3. The molecule has 3 aromatic rings. The highest BCUT2D eigenvalue weighted by molar-refractivity contribution is 7.98. The molecule has 1 aliphatic rings. The van der Waals surface area contributed by atoms with Gasteiger partial charge in [0, 0.05) is 27.8 Å². The average molecular weight is 339 g/mol. The van der Waals surface area contributed by atoms with Gasteiger partial charge in [0.15, 0.2) is 5.69 Å². The topological polar surface area (TPSA) is 77.2 Å². The van der Waals surface area contributed by atoms with Gasteiger partial charge in [-0.2, -0.15) is 5.10 Å². The Morgan fingerprint density at radius 1 is 1.29 bits per heavy atom. The molecule has 0 amide bonds. The quantitative estimate of drug-likeness (QED) is 0.789. The van der Waals surface area contributed by atoms with Gasteiger partial charge in [-0.25, -0.2) is 14.5 Å². The standard InChI is InChI=1S/C17H13N3O3S/c1-23-14-7-6-10(8-18-14)20-16-11-4-2-3-5-13(11)24-9-12(16)15(19-20)17(21)22/h2-8H,9H2,1H3,(H,21,22). The van der Waals surface area contributed by atoms with Crippen LogP contribution in [0.4, 0.5) is 0 Å². The molecule has 3 heterocycles. The fraction of sp³-hybridized carbons (Fsp3) is 0.118. The van der Waals surface area contributed by atoms with Crippen LogP contribution in [0.15, 0.2) is 47.5 Å². The fourth-order valence-corrected chi connectivity index (χ4v) is 3.85. The normalized spacial score (nSPS) is 12.4. The third kappa shape index (κ3) is 2.25. The Balaban J connectivity index is 1.97. The lowest BCUT2D eigenvalue weighted by Crippen LogP contribution is -2.03. The Kier molecular flexibility index (Phi) is 3.50. The summed E-state index contributed by atoms with van der Waals surface area (Å²) < 4.78 is 6.74. The molecule has 2 aromatic heterocycles. The minimum Gasteiger partial charge on any atom is -0.481 e. The highest BCUT2D eigenvalue weighted by Gasteiger charge is 2.29. The molecule has 0 saturated heterocycles. The van der Waals surface area contributed by atoms with Crippen molar-refractivity contribution in [2.24, 2.45) is 0 Å². The summed E-state index contributed by atoms with van der Waals surface area (Å²) in [4.78, 5) is 16.9. The minimum absolute atomic E-state index is 0.0859. The van der Waals surface area contributed by atoms with Crippen molar-refractivity contribution in [2.45, 2.75) is 10.6 Å². The SMILES string of the molecule is COc1ccc(-n2nc(C(=O)O)c3c2-c2ccccc2SC3)cn1. The number of aromatic nitrogens is 3. The van der Waals surface area contributed by atoms with Crippen molar-refractivity contribution >= 4 is 17.7 Å². The molecular formula is C17H13N3O3S. The first-order valence-electron chi connectivity index (χ1n) is 7.27. The first-order chi connectivity index (χ1) is 11.7. The number of methoxy groups -OCH3 is 1. The number of benzene rings is 1. The molecule has 0 aliphatic carbocycles. The van der Waals surface area contributed by atoms with Crippen LogP contribution >= 0.6 is 11.8 Å². The molecule has 7 heteroatoms. The number of carbonyl (C=O) groups is 1. The van der Waals surface area contributed by atoms with Crippen LogP contribution in [0, 0.1) is 0 Å². The van der Waals surface area contributed by atoms with Crippen LogP contribution in [0.5, 0.6) is 5.88 Å². The van der Waals surface area contributed by atoms with Gasteiger partial charge in [0.05, 0.1) is 24.7 Å². The summed E-state index contributed by atoms with van der Waals surface area (Å²) in [5.74, 6) is 0.0537. The molecule has 1 aliphatic heterocycles. The van der Waals surface area contributed by atoms with Crippen molar-refractivity contribution in [1.82, 2.24) is 14.8 Å². The van der Waals surface area contributed by atoms with E-state index in [4.69, 9.17) is 4.74 Å². The Morgan fingerprint density at radius 2 is 2.12 bits per heavy atom. The van der Waals surface area contributed by atoms with Gasteiger partial charge in [0.1, 0.15) is 0 Å². The largest absolute Gasteiger partial charge is 0.481 e. The van der Waals surface area contributed by atoms with E-state index < -0.39 is 5.97 Å². The van der Waals surface area contributed by atoms with Gasteiger partial charge in [-0.3, -0.25) is 0 Å². The van der Waals surface area contributed by atoms with Gasteiger partial charge < -0.3 is 9.84 Å². The molecule has 0 spiro atoms. The van der Waals surface area contributed by atoms with Crippen LogP contribution in [0.3, 0.4) is 0 Å². The zero-order valence-corrected chi connectivity index (χ0v) is 13.6. The van der Waals surface area contributed by atoms with E-state index in [-0.39, 0.29) is 5.69 Å². The number of thioether (sulfide) groups is 1. The van der Waals surface area contributed by atoms with Crippen LogP contribution in [-0.4, -0.2) is 33.0 Å².